The minimum absolute atomic E-state index is 0.0274. The van der Waals surface area contributed by atoms with E-state index in [4.69, 9.17) is 4.42 Å². The zero-order valence-electron chi connectivity index (χ0n) is 12.1. The van der Waals surface area contributed by atoms with Crippen molar-refractivity contribution in [2.45, 2.75) is 51.1 Å². The van der Waals surface area contributed by atoms with E-state index in [0.717, 1.165) is 43.6 Å². The number of para-hydroxylation sites is 1. The summed E-state index contributed by atoms with van der Waals surface area (Å²) in [7, 11) is 0. The molecule has 3 nitrogen and oxygen atoms in total. The molecule has 2 N–H and O–H groups in total. The maximum Gasteiger partial charge on any atom is 0.134 e. The highest BCUT2D eigenvalue weighted by Gasteiger charge is 2.41. The van der Waals surface area contributed by atoms with Crippen LogP contribution in [0.3, 0.4) is 0 Å². The van der Waals surface area contributed by atoms with Crippen LogP contribution < -0.4 is 5.32 Å². The number of benzene rings is 1. The van der Waals surface area contributed by atoms with Gasteiger partial charge in [-0.25, -0.2) is 0 Å². The molecule has 0 atom stereocenters. The molecule has 1 aliphatic carbocycles. The third kappa shape index (κ3) is 2.60. The maximum absolute atomic E-state index is 9.42. The molecule has 1 fully saturated rings. The molecule has 0 saturated heterocycles. The number of aliphatic hydroxyl groups is 1. The average molecular weight is 273 g/mol. The number of furan rings is 1. The van der Waals surface area contributed by atoms with Gasteiger partial charge in [0, 0.05) is 29.5 Å². The van der Waals surface area contributed by atoms with E-state index in [-0.39, 0.29) is 12.1 Å². The molecule has 0 unspecified atom stereocenters. The normalized spacial score (nSPS) is 16.7. The summed E-state index contributed by atoms with van der Waals surface area (Å²) in [5.41, 5.74) is 2.22. The Morgan fingerprint density at radius 1 is 1.30 bits per heavy atom. The lowest BCUT2D eigenvalue weighted by Crippen LogP contribution is -2.34. The van der Waals surface area contributed by atoms with Crippen LogP contribution in [-0.4, -0.2) is 17.3 Å². The molecule has 0 bridgehead atoms. The largest absolute Gasteiger partial charge is 0.461 e. The van der Waals surface area contributed by atoms with E-state index in [1.165, 1.54) is 17.4 Å². The third-order valence-corrected chi connectivity index (χ3v) is 4.34. The molecule has 0 spiro atoms. The predicted octanol–water partition coefficient (Wildman–Crippen LogP) is 3.39. The van der Waals surface area contributed by atoms with Crippen molar-refractivity contribution in [1.29, 1.82) is 0 Å². The number of unbranched alkanes of at least 4 members (excludes halogenated alkanes) is 1. The summed E-state index contributed by atoms with van der Waals surface area (Å²) in [4.78, 5) is 0. The van der Waals surface area contributed by atoms with Crippen molar-refractivity contribution in [1.82, 2.24) is 5.32 Å². The zero-order valence-corrected chi connectivity index (χ0v) is 12.1. The fraction of sp³-hybridized carbons (Fsp3) is 0.529. The Hall–Kier alpha value is -1.32. The molecule has 1 heterocycles. The summed E-state index contributed by atoms with van der Waals surface area (Å²) in [6.45, 7) is 3.22. The molecular formula is C17H23NO2. The smallest absolute Gasteiger partial charge is 0.134 e. The van der Waals surface area contributed by atoms with E-state index in [9.17, 15) is 5.11 Å². The zero-order chi connectivity index (χ0) is 14.0. The van der Waals surface area contributed by atoms with Gasteiger partial charge in [0.05, 0.1) is 6.61 Å². The fourth-order valence-electron chi connectivity index (χ4n) is 2.70. The number of rotatable bonds is 7. The standard InChI is InChI=1S/C17H23NO2/c1-2-3-7-16-14(11-18-17(12-19)9-10-17)13-6-4-5-8-15(13)20-16/h4-6,8,18-19H,2-3,7,9-12H2,1H3. The van der Waals surface area contributed by atoms with Gasteiger partial charge in [-0.2, -0.15) is 0 Å². The van der Waals surface area contributed by atoms with E-state index in [2.05, 4.69) is 24.4 Å². The molecule has 3 heteroatoms. The fourth-order valence-corrected chi connectivity index (χ4v) is 2.70. The molecule has 0 radical (unpaired) electrons. The lowest BCUT2D eigenvalue weighted by atomic mass is 10.1. The summed E-state index contributed by atoms with van der Waals surface area (Å²) in [5.74, 6) is 1.11. The molecule has 2 aromatic rings. The molecule has 0 aliphatic heterocycles. The topological polar surface area (TPSA) is 45.4 Å². The van der Waals surface area contributed by atoms with Crippen LogP contribution in [-0.2, 0) is 13.0 Å². The number of aryl methyl sites for hydroxylation is 1. The summed E-state index contributed by atoms with van der Waals surface area (Å²) in [6, 6.07) is 8.24. The first-order valence-electron chi connectivity index (χ1n) is 7.63. The highest BCUT2D eigenvalue weighted by atomic mass is 16.3. The number of hydrogen-bond acceptors (Lipinski definition) is 3. The highest BCUT2D eigenvalue weighted by Crippen LogP contribution is 2.36. The number of aliphatic hydroxyl groups excluding tert-OH is 1. The third-order valence-electron chi connectivity index (χ3n) is 4.34. The second kappa shape index (κ2) is 5.58. The van der Waals surface area contributed by atoms with Crippen LogP contribution in [0.2, 0.25) is 0 Å². The maximum atomic E-state index is 9.42. The van der Waals surface area contributed by atoms with E-state index >= 15 is 0 Å². The van der Waals surface area contributed by atoms with E-state index in [0.29, 0.717) is 0 Å². The van der Waals surface area contributed by atoms with Gasteiger partial charge in [-0.1, -0.05) is 31.5 Å². The van der Waals surface area contributed by atoms with Crippen molar-refractivity contribution in [2.24, 2.45) is 0 Å². The van der Waals surface area contributed by atoms with E-state index in [1.807, 2.05) is 12.1 Å². The highest BCUT2D eigenvalue weighted by molar-refractivity contribution is 5.82. The molecule has 1 aromatic carbocycles. The lowest BCUT2D eigenvalue weighted by Gasteiger charge is -2.14. The van der Waals surface area contributed by atoms with Crippen molar-refractivity contribution in [2.75, 3.05) is 6.61 Å². The molecule has 1 aliphatic rings. The average Bonchev–Trinajstić information content (AvgIpc) is 3.18. The molecule has 3 rings (SSSR count). The van der Waals surface area contributed by atoms with Crippen molar-refractivity contribution >= 4 is 11.0 Å². The minimum Gasteiger partial charge on any atom is -0.461 e. The van der Waals surface area contributed by atoms with E-state index < -0.39 is 0 Å². The van der Waals surface area contributed by atoms with Gasteiger partial charge in [0.1, 0.15) is 11.3 Å². The van der Waals surface area contributed by atoms with Crippen molar-refractivity contribution in [3.8, 4) is 0 Å². The van der Waals surface area contributed by atoms with Crippen molar-refractivity contribution < 1.29 is 9.52 Å². The van der Waals surface area contributed by atoms with Crippen LogP contribution >= 0.6 is 0 Å². The van der Waals surface area contributed by atoms with Gasteiger partial charge in [-0.05, 0) is 25.3 Å². The van der Waals surface area contributed by atoms with Gasteiger partial charge in [-0.3, -0.25) is 0 Å². The molecule has 0 amide bonds. The minimum atomic E-state index is -0.0274. The Balaban J connectivity index is 1.85. The van der Waals surface area contributed by atoms with Crippen LogP contribution in [0.1, 0.15) is 43.9 Å². The van der Waals surface area contributed by atoms with Gasteiger partial charge < -0.3 is 14.8 Å². The number of fused-ring (bicyclic) bond motifs is 1. The lowest BCUT2D eigenvalue weighted by molar-refractivity contribution is 0.229. The summed E-state index contributed by atoms with van der Waals surface area (Å²) >= 11 is 0. The second-order valence-electron chi connectivity index (χ2n) is 5.90. The molecule has 1 saturated carbocycles. The first kappa shape index (κ1) is 13.7. The molecule has 1 aromatic heterocycles. The first-order chi connectivity index (χ1) is 9.78. The number of hydrogen-bond donors (Lipinski definition) is 2. The number of nitrogens with one attached hydrogen (secondary N) is 1. The first-order valence-corrected chi connectivity index (χ1v) is 7.63. The molecule has 108 valence electrons. The van der Waals surface area contributed by atoms with Crippen molar-refractivity contribution in [3.05, 3.63) is 35.6 Å². The Bertz CT molecular complexity index is 584. The van der Waals surface area contributed by atoms with Crippen molar-refractivity contribution in [3.63, 3.8) is 0 Å². The molecule has 20 heavy (non-hydrogen) atoms. The Labute approximate surface area is 120 Å². The van der Waals surface area contributed by atoms with Crippen LogP contribution in [0.4, 0.5) is 0 Å². The van der Waals surface area contributed by atoms with Crippen LogP contribution in [0.5, 0.6) is 0 Å². The summed E-state index contributed by atoms with van der Waals surface area (Å²) in [6.07, 6.45) is 5.46. The van der Waals surface area contributed by atoms with E-state index in [1.54, 1.807) is 0 Å². The van der Waals surface area contributed by atoms with Gasteiger partial charge in [0.25, 0.3) is 0 Å². The quantitative estimate of drug-likeness (QED) is 0.813. The molecular weight excluding hydrogens is 250 g/mol. The Kier molecular flexibility index (Phi) is 3.81. The Morgan fingerprint density at radius 3 is 2.80 bits per heavy atom. The predicted molar refractivity (Wildman–Crippen MR) is 80.7 cm³/mol. The summed E-state index contributed by atoms with van der Waals surface area (Å²) in [5, 5.41) is 14.2. The van der Waals surface area contributed by atoms with Crippen LogP contribution in [0.25, 0.3) is 11.0 Å². The SMILES string of the molecule is CCCCc1oc2ccccc2c1CNC1(CO)CC1. The van der Waals surface area contributed by atoms with Gasteiger partial charge >= 0.3 is 0 Å². The van der Waals surface area contributed by atoms with Gasteiger partial charge in [0.15, 0.2) is 0 Å². The van der Waals surface area contributed by atoms with Gasteiger partial charge in [-0.15, -0.1) is 0 Å². The van der Waals surface area contributed by atoms with Crippen LogP contribution in [0, 0.1) is 0 Å². The Morgan fingerprint density at radius 2 is 2.10 bits per heavy atom. The van der Waals surface area contributed by atoms with Gasteiger partial charge in [0.2, 0.25) is 0 Å². The monoisotopic (exact) mass is 273 g/mol. The second-order valence-corrected chi connectivity index (χ2v) is 5.90. The summed E-state index contributed by atoms with van der Waals surface area (Å²) < 4.78 is 6.02. The van der Waals surface area contributed by atoms with Crippen LogP contribution in [0.15, 0.2) is 28.7 Å².